The van der Waals surface area contributed by atoms with Crippen molar-refractivity contribution in [3.8, 4) is 5.75 Å². The number of rotatable bonds is 63. The van der Waals surface area contributed by atoms with Crippen LogP contribution in [0.15, 0.2) is 97.5 Å². The van der Waals surface area contributed by atoms with Crippen molar-refractivity contribution in [1.29, 1.82) is 5.41 Å². The number of phenolic OH excluding ortho intramolecular Hbond substituents is 1. The number of carbonyl (C=O) groups excluding carboxylic acids is 15. The summed E-state index contributed by atoms with van der Waals surface area (Å²) < 4.78 is 0. The number of carboxylic acid groups (broad SMARTS) is 2. The van der Waals surface area contributed by atoms with Crippen LogP contribution in [-0.2, 0) is 107 Å². The van der Waals surface area contributed by atoms with E-state index in [9.17, 15) is 78.0 Å². The van der Waals surface area contributed by atoms with Crippen LogP contribution in [-0.4, -0.2) is 276 Å². The van der Waals surface area contributed by atoms with Gasteiger partial charge in [-0.25, -0.2) is 9.78 Å². The summed E-state index contributed by atoms with van der Waals surface area (Å²) in [5, 5.41) is 90.7. The Morgan fingerprint density at radius 3 is 1.23 bits per heavy atom. The molecule has 0 radical (unpaired) electrons. The highest BCUT2D eigenvalue weighted by Gasteiger charge is 2.41. The molecule has 4 rings (SSSR count). The molecule has 18 atom stereocenters. The molecule has 1 heterocycles. The Kier molecular flexibility index (Phi) is 52.5. The lowest BCUT2D eigenvalue weighted by atomic mass is 9.95. The number of nitrogens with two attached hydrogens (primary N) is 2. The van der Waals surface area contributed by atoms with Gasteiger partial charge in [0.25, 0.3) is 0 Å². The van der Waals surface area contributed by atoms with Crippen LogP contribution in [0.5, 0.6) is 5.75 Å². The Morgan fingerprint density at radius 2 is 0.797 bits per heavy atom. The van der Waals surface area contributed by atoms with E-state index in [-0.39, 0.29) is 106 Å². The molecule has 0 bridgehead atoms. The van der Waals surface area contributed by atoms with E-state index < -0.39 is 234 Å². The number of thiol groups is 1. The molecule has 0 saturated carbocycles. The standard InChI is InChI=1S/C93H143N21O21S3/c1-15-53(10)75(113-87(129)67(41-51(6)7)104-79(121)62(27-22-36-98-93(95)96)101-77(119)54(11)100-81(123)71(45-59-46-97-48-99-59)110-91(133)76(55(12)115)114-88(130)72(47-136)111-78(120)61(94)34-37-137-13)90(132)109-65(39-49(2)3)82(124)106-70(44-58-28-30-60(116)31-29-58)85(127)108-69(43-57-25-20-17-21-26-57)84(126)107-68(42-56-23-18-16-19-24-56)83(125)105-66(40-50(4)5)86(128)112-74(52(8)9)89(131)102-63(32-33-73(117)118)80(122)103-64(92(134)135)35-38-138-14/h16-21,23-26,28-31,46,48-55,61-72,74-76,115-116,136H,15,22,27,32-45,47,94H2,1-14H3,(H,97,99)(H,100,123)(H,101,119)(H,102,131)(H,103,122)(H,104,121)(H,105,125)(H,106,124)(H,107,126)(H,108,127)(H,109,132)(H,110,133)(H,111,120)(H,112,128)(H,113,129)(H,114,130)(H,117,118)(H,134,135)(H4,95,96,98)/t53-,54-,55+,61-,62-,63-,64-,65-,66-,67-,68-,69-,70-,71-,72-,74-,75-,76-/m0/s1. The molecule has 45 heteroatoms. The minimum atomic E-state index is -1.72. The van der Waals surface area contributed by atoms with Crippen molar-refractivity contribution < 1.29 is 102 Å². The average molecular weight is 1990 g/mol. The van der Waals surface area contributed by atoms with E-state index in [0.29, 0.717) is 40.3 Å². The number of aromatic nitrogens is 2. The van der Waals surface area contributed by atoms with Gasteiger partial charge in [-0.05, 0) is 148 Å². The van der Waals surface area contributed by atoms with Crippen LogP contribution in [0.4, 0.5) is 0 Å². The van der Waals surface area contributed by atoms with Crippen molar-refractivity contribution in [3.05, 3.63) is 120 Å². The summed E-state index contributed by atoms with van der Waals surface area (Å²) >= 11 is 6.98. The highest BCUT2D eigenvalue weighted by molar-refractivity contribution is 7.98. The zero-order valence-corrected chi connectivity index (χ0v) is 83.3. The molecule has 0 aliphatic rings. The van der Waals surface area contributed by atoms with Gasteiger partial charge < -0.3 is 122 Å². The predicted molar refractivity (Wildman–Crippen MR) is 525 cm³/mol. The lowest BCUT2D eigenvalue weighted by Crippen LogP contribution is -2.62. The third-order valence-electron chi connectivity index (χ3n) is 22.2. The number of hydrogen-bond acceptors (Lipinski definition) is 25. The fourth-order valence-electron chi connectivity index (χ4n) is 14.3. The second-order valence-corrected chi connectivity index (χ2v) is 38.1. The molecule has 0 saturated heterocycles. The van der Waals surface area contributed by atoms with Gasteiger partial charge in [-0.3, -0.25) is 82.1 Å². The quantitative estimate of drug-likeness (QED) is 0.0119. The van der Waals surface area contributed by atoms with Gasteiger partial charge in [0.05, 0.1) is 18.5 Å². The lowest BCUT2D eigenvalue weighted by molar-refractivity contribution is -0.143. The SMILES string of the molecule is CC[C@H](C)[C@H](NC(=O)[C@H](CC(C)C)NC(=O)[C@H](CCCNC(=N)N)NC(=O)[C@H](C)NC(=O)[C@H](Cc1cnc[nH]1)NC(=O)[C@@H](NC(=O)[C@H](CS)NC(=O)[C@@H](N)CCSC)[C@@H](C)O)C(=O)N[C@@H](CC(C)C)C(=O)N[C@@H](Cc1ccc(O)cc1)C(=O)N[C@@H](Cc1ccccc1)C(=O)N[C@@H](Cc1ccccc1)C(=O)N[C@@H](CC(C)C)C(=O)N[C@H](C(=O)N[C@@H](CCC(=O)O)C(=O)N[C@@H](CCSC)C(=O)O)C(C)C. The summed E-state index contributed by atoms with van der Waals surface area (Å²) in [6, 6.07) is -0.568. The number of benzene rings is 3. The number of amides is 15. The minimum Gasteiger partial charge on any atom is -0.508 e. The maximum Gasteiger partial charge on any atom is 0.326 e. The van der Waals surface area contributed by atoms with Crippen LogP contribution in [0.1, 0.15) is 170 Å². The first kappa shape index (κ1) is 118. The summed E-state index contributed by atoms with van der Waals surface area (Å²) in [7, 11) is 0. The fraction of sp³-hybridized carbons (Fsp3) is 0.581. The highest BCUT2D eigenvalue weighted by atomic mass is 32.2. The van der Waals surface area contributed by atoms with Crippen LogP contribution < -0.4 is 96.5 Å². The van der Waals surface area contributed by atoms with E-state index in [4.69, 9.17) is 16.9 Å². The molecular formula is C93H143N21O21S3. The number of aliphatic hydroxyl groups excluding tert-OH is 1. The van der Waals surface area contributed by atoms with E-state index in [1.807, 2.05) is 6.26 Å². The predicted octanol–water partition coefficient (Wildman–Crippen LogP) is -0.125. The number of imidazole rings is 1. The third kappa shape index (κ3) is 42.9. The summed E-state index contributed by atoms with van der Waals surface area (Å²) in [6.45, 7) is 19.7. The van der Waals surface area contributed by atoms with Gasteiger partial charge in [-0.2, -0.15) is 36.2 Å². The van der Waals surface area contributed by atoms with Crippen molar-refractivity contribution >= 4 is 143 Å². The zero-order chi connectivity index (χ0) is 103. The van der Waals surface area contributed by atoms with E-state index >= 15 is 24.0 Å². The van der Waals surface area contributed by atoms with Crippen molar-refractivity contribution in [2.75, 3.05) is 36.3 Å². The number of aromatic amines is 1. The average Bonchev–Trinajstić information content (AvgIpc) is 0.849. The van der Waals surface area contributed by atoms with Crippen LogP contribution in [0.25, 0.3) is 0 Å². The van der Waals surface area contributed by atoms with Gasteiger partial charge in [-0.15, -0.1) is 0 Å². The van der Waals surface area contributed by atoms with Crippen molar-refractivity contribution in [1.82, 2.24) is 95.0 Å². The van der Waals surface area contributed by atoms with E-state index in [0.717, 1.165) is 0 Å². The maximum absolute atomic E-state index is 15.4. The number of aromatic hydroxyl groups is 1. The number of thioether (sulfide) groups is 2. The molecule has 4 aromatic rings. The molecule has 42 nitrogen and oxygen atoms in total. The van der Waals surface area contributed by atoms with E-state index in [1.165, 1.54) is 74.2 Å². The van der Waals surface area contributed by atoms with Crippen molar-refractivity contribution in [3.63, 3.8) is 0 Å². The minimum absolute atomic E-state index is 0.0102. The highest BCUT2D eigenvalue weighted by Crippen LogP contribution is 2.20. The Morgan fingerprint density at radius 1 is 0.428 bits per heavy atom. The van der Waals surface area contributed by atoms with Crippen LogP contribution in [0.2, 0.25) is 0 Å². The van der Waals surface area contributed by atoms with Crippen LogP contribution >= 0.6 is 36.2 Å². The Balaban J connectivity index is 1.68. The number of aliphatic hydroxyl groups is 1. The monoisotopic (exact) mass is 1990 g/mol. The molecule has 0 spiro atoms. The normalized spacial score (nSPS) is 15.2. The lowest BCUT2D eigenvalue weighted by Gasteiger charge is -2.31. The Bertz CT molecular complexity index is 4640. The number of carboxylic acids is 2. The first-order valence-corrected chi connectivity index (χ1v) is 49.5. The van der Waals surface area contributed by atoms with Gasteiger partial charge in [0.2, 0.25) is 88.6 Å². The molecular weight excluding hydrogens is 1840 g/mol. The number of nitrogens with one attached hydrogen (secondary N) is 18. The summed E-state index contributed by atoms with van der Waals surface area (Å²) in [4.78, 5) is 248. The summed E-state index contributed by atoms with van der Waals surface area (Å²) in [6.07, 6.45) is 2.93. The molecule has 0 aliphatic heterocycles. The Hall–Kier alpha value is -12.1. The van der Waals surface area contributed by atoms with Gasteiger partial charge >= 0.3 is 11.9 Å². The van der Waals surface area contributed by atoms with Gasteiger partial charge in [0.1, 0.15) is 96.4 Å². The number of H-pyrrole nitrogens is 1. The van der Waals surface area contributed by atoms with E-state index in [2.05, 4.69) is 108 Å². The molecule has 26 N–H and O–H groups in total. The molecule has 1 aromatic heterocycles. The van der Waals surface area contributed by atoms with Gasteiger partial charge in [0, 0.05) is 56.3 Å². The van der Waals surface area contributed by atoms with E-state index in [1.54, 1.807) is 136 Å². The third-order valence-corrected chi connectivity index (χ3v) is 23.9. The topological polar surface area (TPSA) is 668 Å². The molecule has 0 aliphatic carbocycles. The molecule has 3 aromatic carbocycles. The van der Waals surface area contributed by atoms with Crippen molar-refractivity contribution in [2.24, 2.45) is 41.1 Å². The fourth-order valence-corrected chi connectivity index (χ4v) is 15.5. The smallest absolute Gasteiger partial charge is 0.326 e. The number of carbonyl (C=O) groups is 17. The summed E-state index contributed by atoms with van der Waals surface area (Å²) in [5.41, 5.74) is 13.4. The number of phenols is 1. The summed E-state index contributed by atoms with van der Waals surface area (Å²) in [5.74, 6) is -18.5. The largest absolute Gasteiger partial charge is 0.508 e. The van der Waals surface area contributed by atoms with Crippen LogP contribution in [0.3, 0.4) is 0 Å². The molecule has 15 amide bonds. The number of nitrogens with zero attached hydrogens (tertiary/aromatic N) is 1. The molecule has 138 heavy (non-hydrogen) atoms. The number of aliphatic carboxylic acids is 2. The first-order valence-electron chi connectivity index (χ1n) is 46.1. The Labute approximate surface area is 819 Å². The molecule has 0 fully saturated rings. The number of guanidine groups is 1. The van der Waals surface area contributed by atoms with Crippen molar-refractivity contribution in [2.45, 2.75) is 276 Å². The maximum atomic E-state index is 15.4. The zero-order valence-electron chi connectivity index (χ0n) is 80.8. The second-order valence-electron chi connectivity index (χ2n) is 35.8. The van der Waals surface area contributed by atoms with Gasteiger partial charge in [0.15, 0.2) is 5.96 Å². The van der Waals surface area contributed by atoms with Crippen LogP contribution in [0, 0.1) is 35.0 Å². The first-order chi connectivity index (χ1) is 65.2. The van der Waals surface area contributed by atoms with Gasteiger partial charge in [-0.1, -0.05) is 148 Å². The molecule has 0 unspecified atom stereocenters. The molecule has 764 valence electrons. The second kappa shape index (κ2) is 61.3. The number of hydrogen-bond donors (Lipinski definition) is 25.